The largest absolute Gasteiger partial charge is 0.523 e. The zero-order chi connectivity index (χ0) is 11.7. The van der Waals surface area contributed by atoms with Gasteiger partial charge in [-0.1, -0.05) is 12.8 Å². The number of hydrogen-bond acceptors (Lipinski definition) is 4. The second-order valence-electron chi connectivity index (χ2n) is 3.48. The Labute approximate surface area is 85.7 Å². The summed E-state index contributed by atoms with van der Waals surface area (Å²) in [6.07, 6.45) is 1.10. The van der Waals surface area contributed by atoms with E-state index in [1.165, 1.54) is 0 Å². The quantitative estimate of drug-likeness (QED) is 0.586. The molecule has 4 nitrogen and oxygen atoms in total. The summed E-state index contributed by atoms with van der Waals surface area (Å²) >= 11 is 0. The van der Waals surface area contributed by atoms with E-state index in [9.17, 15) is 21.6 Å². The van der Waals surface area contributed by atoms with Crippen molar-refractivity contribution in [2.45, 2.75) is 43.3 Å². The molecular weight excluding hydrogens is 235 g/mol. The lowest BCUT2D eigenvalue weighted by molar-refractivity contribution is -0.0592. The highest BCUT2D eigenvalue weighted by atomic mass is 32.2. The zero-order valence-corrected chi connectivity index (χ0v) is 8.64. The van der Waals surface area contributed by atoms with Crippen LogP contribution in [0.2, 0.25) is 0 Å². The monoisotopic (exact) mass is 247 g/mol. The molecule has 1 rings (SSSR count). The third-order valence-electron chi connectivity index (χ3n) is 2.29. The summed E-state index contributed by atoms with van der Waals surface area (Å²) in [5.74, 6) is 0. The van der Waals surface area contributed by atoms with E-state index in [2.05, 4.69) is 4.18 Å². The van der Waals surface area contributed by atoms with E-state index in [4.69, 9.17) is 5.73 Å². The van der Waals surface area contributed by atoms with Crippen LogP contribution in [-0.4, -0.2) is 26.1 Å². The molecule has 0 spiro atoms. The van der Waals surface area contributed by atoms with Gasteiger partial charge in [0, 0.05) is 6.04 Å². The maximum atomic E-state index is 12.0. The first-order valence-electron chi connectivity index (χ1n) is 4.49. The van der Waals surface area contributed by atoms with Gasteiger partial charge in [-0.25, -0.2) is 0 Å². The number of halogens is 3. The molecule has 0 aromatic rings. The van der Waals surface area contributed by atoms with Crippen LogP contribution in [0.3, 0.4) is 0 Å². The molecule has 0 radical (unpaired) electrons. The van der Waals surface area contributed by atoms with Crippen molar-refractivity contribution in [1.29, 1.82) is 0 Å². The molecule has 1 fully saturated rings. The first kappa shape index (κ1) is 12.7. The molecule has 0 saturated heterocycles. The summed E-state index contributed by atoms with van der Waals surface area (Å²) in [7, 11) is -5.51. The van der Waals surface area contributed by atoms with E-state index in [0.29, 0.717) is 12.8 Å². The van der Waals surface area contributed by atoms with Crippen molar-refractivity contribution >= 4 is 10.1 Å². The Balaban J connectivity index is 2.69. The van der Waals surface area contributed by atoms with Crippen LogP contribution in [0.25, 0.3) is 0 Å². The van der Waals surface area contributed by atoms with Gasteiger partial charge in [0.2, 0.25) is 0 Å². The number of hydrogen-bond donors (Lipinski definition) is 1. The molecule has 2 atom stereocenters. The Morgan fingerprint density at radius 1 is 1.20 bits per heavy atom. The smallest absolute Gasteiger partial charge is 0.325 e. The van der Waals surface area contributed by atoms with Crippen LogP contribution < -0.4 is 5.73 Å². The topological polar surface area (TPSA) is 69.4 Å². The third-order valence-corrected chi connectivity index (χ3v) is 3.35. The molecule has 2 N–H and O–H groups in total. The fraction of sp³-hybridized carbons (Fsp3) is 1.00. The molecule has 0 aliphatic heterocycles. The van der Waals surface area contributed by atoms with Crippen LogP contribution in [0, 0.1) is 0 Å². The summed E-state index contributed by atoms with van der Waals surface area (Å²) < 4.78 is 61.3. The summed E-state index contributed by atoms with van der Waals surface area (Å²) in [5.41, 5.74) is 0.102. The molecule has 90 valence electrons. The normalized spacial score (nSPS) is 29.1. The van der Waals surface area contributed by atoms with Gasteiger partial charge in [0.25, 0.3) is 0 Å². The minimum atomic E-state index is -5.51. The van der Waals surface area contributed by atoms with Crippen LogP contribution in [0.5, 0.6) is 0 Å². The van der Waals surface area contributed by atoms with Gasteiger partial charge in [0.15, 0.2) is 0 Å². The van der Waals surface area contributed by atoms with Crippen LogP contribution in [-0.2, 0) is 14.3 Å². The number of alkyl halides is 3. The second-order valence-corrected chi connectivity index (χ2v) is 5.05. The predicted octanol–water partition coefficient (Wildman–Crippen LogP) is 1.12. The summed E-state index contributed by atoms with van der Waals surface area (Å²) in [6, 6.07) is -0.643. The van der Waals surface area contributed by atoms with Gasteiger partial charge in [-0.15, -0.1) is 0 Å². The van der Waals surface area contributed by atoms with E-state index < -0.39 is 27.8 Å². The Bertz CT molecular complexity index is 314. The van der Waals surface area contributed by atoms with E-state index in [-0.39, 0.29) is 6.42 Å². The van der Waals surface area contributed by atoms with E-state index in [0.717, 1.165) is 6.42 Å². The van der Waals surface area contributed by atoms with Crippen LogP contribution in [0.1, 0.15) is 25.7 Å². The molecule has 0 amide bonds. The molecule has 15 heavy (non-hydrogen) atoms. The van der Waals surface area contributed by atoms with Crippen LogP contribution >= 0.6 is 0 Å². The molecule has 0 unspecified atom stereocenters. The van der Waals surface area contributed by atoms with E-state index >= 15 is 0 Å². The van der Waals surface area contributed by atoms with Crippen molar-refractivity contribution in [1.82, 2.24) is 0 Å². The minimum Gasteiger partial charge on any atom is -0.325 e. The molecular formula is C7H12F3NO3S. The predicted molar refractivity (Wildman–Crippen MR) is 46.3 cm³/mol. The lowest BCUT2D eigenvalue weighted by Crippen LogP contribution is -2.42. The lowest BCUT2D eigenvalue weighted by Gasteiger charge is -2.27. The Morgan fingerprint density at radius 3 is 2.20 bits per heavy atom. The number of rotatable bonds is 2. The van der Waals surface area contributed by atoms with Gasteiger partial charge in [-0.3, -0.25) is 4.18 Å². The average Bonchev–Trinajstić information content (AvgIpc) is 2.06. The molecule has 1 saturated carbocycles. The molecule has 0 aromatic carbocycles. The first-order valence-corrected chi connectivity index (χ1v) is 5.90. The lowest BCUT2D eigenvalue weighted by atomic mass is 9.94. The second kappa shape index (κ2) is 4.26. The van der Waals surface area contributed by atoms with Gasteiger partial charge < -0.3 is 5.73 Å². The molecule has 8 heteroatoms. The highest BCUT2D eigenvalue weighted by Gasteiger charge is 2.49. The molecule has 1 aliphatic carbocycles. The highest BCUT2D eigenvalue weighted by Crippen LogP contribution is 2.29. The van der Waals surface area contributed by atoms with Crippen LogP contribution in [0.4, 0.5) is 13.2 Å². The zero-order valence-electron chi connectivity index (χ0n) is 7.83. The average molecular weight is 247 g/mol. The standard InChI is InChI=1S/C7H12F3NO3S/c8-7(9,10)15(12,13)14-6-4-2-1-3-5(6)11/h5-6H,1-4,11H2/t5-,6-/m0/s1. The highest BCUT2D eigenvalue weighted by molar-refractivity contribution is 7.87. The summed E-state index contributed by atoms with van der Waals surface area (Å²) in [5, 5.41) is 0. The fourth-order valence-corrected chi connectivity index (χ4v) is 2.14. The van der Waals surface area contributed by atoms with E-state index in [1.54, 1.807) is 0 Å². The number of nitrogens with two attached hydrogens (primary N) is 1. The molecule has 1 aliphatic rings. The first-order chi connectivity index (χ1) is 6.74. The Morgan fingerprint density at radius 2 is 1.73 bits per heavy atom. The SMILES string of the molecule is N[C@H]1CCCC[C@@H]1OS(=O)(=O)C(F)(F)F. The van der Waals surface area contributed by atoms with Crippen molar-refractivity contribution in [3.8, 4) is 0 Å². The van der Waals surface area contributed by atoms with Gasteiger partial charge in [-0.2, -0.15) is 21.6 Å². The van der Waals surface area contributed by atoms with Gasteiger partial charge in [0.1, 0.15) is 0 Å². The van der Waals surface area contributed by atoms with Gasteiger partial charge in [-0.05, 0) is 12.8 Å². The van der Waals surface area contributed by atoms with Crippen molar-refractivity contribution < 1.29 is 25.8 Å². The molecule has 0 aromatic heterocycles. The molecule has 0 bridgehead atoms. The minimum absolute atomic E-state index is 0.247. The summed E-state index contributed by atoms with van der Waals surface area (Å²) in [4.78, 5) is 0. The fourth-order valence-electron chi connectivity index (χ4n) is 1.46. The van der Waals surface area contributed by atoms with E-state index in [1.807, 2.05) is 0 Å². The molecule has 0 heterocycles. The van der Waals surface area contributed by atoms with Gasteiger partial charge >= 0.3 is 15.6 Å². The van der Waals surface area contributed by atoms with Crippen molar-refractivity contribution in [3.05, 3.63) is 0 Å². The van der Waals surface area contributed by atoms with Crippen molar-refractivity contribution in [3.63, 3.8) is 0 Å². The maximum absolute atomic E-state index is 12.0. The third kappa shape index (κ3) is 3.05. The van der Waals surface area contributed by atoms with Crippen molar-refractivity contribution in [2.24, 2.45) is 5.73 Å². The summed E-state index contributed by atoms with van der Waals surface area (Å²) in [6.45, 7) is 0. The Hall–Kier alpha value is -0.340. The van der Waals surface area contributed by atoms with Crippen molar-refractivity contribution in [2.75, 3.05) is 0 Å². The van der Waals surface area contributed by atoms with Gasteiger partial charge in [0.05, 0.1) is 6.10 Å². The maximum Gasteiger partial charge on any atom is 0.523 e. The van der Waals surface area contributed by atoms with Crippen LogP contribution in [0.15, 0.2) is 0 Å². The Kier molecular flexibility index (Phi) is 3.62.